The van der Waals surface area contributed by atoms with E-state index in [1.165, 1.54) is 0 Å². The summed E-state index contributed by atoms with van der Waals surface area (Å²) in [5.74, 6) is -0.103. The summed E-state index contributed by atoms with van der Waals surface area (Å²) in [5.41, 5.74) is -0.547. The Morgan fingerprint density at radius 3 is 2.69 bits per heavy atom. The van der Waals surface area contributed by atoms with Crippen LogP contribution < -0.4 is 0 Å². The predicted octanol–water partition coefficient (Wildman–Crippen LogP) is 1.08. The maximum absolute atomic E-state index is 13.0. The first-order valence-electron chi connectivity index (χ1n) is 9.09. The molecule has 1 aromatic carbocycles. The topological polar surface area (TPSA) is 87.8 Å². The normalized spacial score (nSPS) is 28.6. The number of aryl methyl sites for hydroxylation is 1. The fourth-order valence-electron chi connectivity index (χ4n) is 4.27. The number of ether oxygens (including phenoxy) is 1. The molecule has 0 unspecified atom stereocenters. The van der Waals surface area contributed by atoms with E-state index < -0.39 is 17.3 Å². The van der Waals surface area contributed by atoms with Gasteiger partial charge in [0.2, 0.25) is 0 Å². The van der Waals surface area contributed by atoms with Crippen LogP contribution in [0.2, 0.25) is 0 Å². The van der Waals surface area contributed by atoms with Crippen LogP contribution in [0.25, 0.3) is 10.9 Å². The Kier molecular flexibility index (Phi) is 4.06. The largest absolute Gasteiger partial charge is 0.387 e. The second kappa shape index (κ2) is 6.04. The van der Waals surface area contributed by atoms with Gasteiger partial charge in [-0.3, -0.25) is 9.48 Å². The predicted molar refractivity (Wildman–Crippen MR) is 95.8 cm³/mol. The summed E-state index contributed by atoms with van der Waals surface area (Å²) in [5, 5.41) is 26.3. The van der Waals surface area contributed by atoms with E-state index in [0.717, 1.165) is 10.9 Å². The molecule has 2 aliphatic heterocycles. The first-order valence-corrected chi connectivity index (χ1v) is 9.09. The molecule has 2 fully saturated rings. The fraction of sp³-hybridized carbons (Fsp3) is 0.579. The van der Waals surface area contributed by atoms with Crippen LogP contribution in [0.15, 0.2) is 24.3 Å². The van der Waals surface area contributed by atoms with E-state index >= 15 is 0 Å². The van der Waals surface area contributed by atoms with Crippen LogP contribution in [-0.4, -0.2) is 67.8 Å². The van der Waals surface area contributed by atoms with Gasteiger partial charge in [-0.25, -0.2) is 0 Å². The molecule has 0 bridgehead atoms. The maximum atomic E-state index is 13.0. The SMILES string of the molecule is Cn1nc(C(=O)N2CCC3(CC2)OCC[C@@](C)(O)[C@@H]3O)c2ccccc21. The molecule has 3 heterocycles. The molecule has 1 amide bonds. The second-order valence-corrected chi connectivity index (χ2v) is 7.70. The highest BCUT2D eigenvalue weighted by molar-refractivity contribution is 6.04. The van der Waals surface area contributed by atoms with Crippen molar-refractivity contribution in [3.05, 3.63) is 30.0 Å². The van der Waals surface area contributed by atoms with E-state index in [-0.39, 0.29) is 5.91 Å². The van der Waals surface area contributed by atoms with Gasteiger partial charge in [0.25, 0.3) is 5.91 Å². The average Bonchev–Trinajstić information content (AvgIpc) is 2.97. The van der Waals surface area contributed by atoms with Crippen LogP contribution in [0.1, 0.15) is 36.7 Å². The van der Waals surface area contributed by atoms with E-state index in [9.17, 15) is 15.0 Å². The average molecular weight is 359 g/mol. The number of likely N-dealkylation sites (tertiary alicyclic amines) is 1. The van der Waals surface area contributed by atoms with Gasteiger partial charge in [0.15, 0.2) is 5.69 Å². The third-order valence-electron chi connectivity index (χ3n) is 5.94. The molecule has 2 atom stereocenters. The number of aliphatic hydroxyl groups is 2. The zero-order valence-corrected chi connectivity index (χ0v) is 15.2. The number of benzene rings is 1. The van der Waals surface area contributed by atoms with Crippen molar-refractivity contribution >= 4 is 16.8 Å². The van der Waals surface area contributed by atoms with Gasteiger partial charge in [-0.2, -0.15) is 5.10 Å². The number of carbonyl (C=O) groups is 1. The molecule has 4 rings (SSSR count). The number of para-hydroxylation sites is 1. The lowest BCUT2D eigenvalue weighted by molar-refractivity contribution is -0.244. The summed E-state index contributed by atoms with van der Waals surface area (Å²) in [6.07, 6.45) is 0.469. The summed E-state index contributed by atoms with van der Waals surface area (Å²) in [4.78, 5) is 14.8. The molecule has 0 aliphatic carbocycles. The van der Waals surface area contributed by atoms with E-state index in [1.54, 1.807) is 16.5 Å². The number of hydrogen-bond donors (Lipinski definition) is 2. The van der Waals surface area contributed by atoms with Gasteiger partial charge in [0, 0.05) is 31.9 Å². The van der Waals surface area contributed by atoms with Crippen molar-refractivity contribution in [2.45, 2.75) is 43.5 Å². The first kappa shape index (κ1) is 17.5. The number of fused-ring (bicyclic) bond motifs is 1. The third-order valence-corrected chi connectivity index (χ3v) is 5.94. The minimum Gasteiger partial charge on any atom is -0.387 e. The lowest BCUT2D eigenvalue weighted by Gasteiger charge is -2.51. The minimum absolute atomic E-state index is 0.103. The van der Waals surface area contributed by atoms with Crippen LogP contribution in [0, 0.1) is 0 Å². The van der Waals surface area contributed by atoms with Crippen molar-refractivity contribution in [1.29, 1.82) is 0 Å². The molecule has 1 aromatic heterocycles. The van der Waals surface area contributed by atoms with Crippen molar-refractivity contribution < 1.29 is 19.7 Å². The van der Waals surface area contributed by atoms with Crippen molar-refractivity contribution in [2.75, 3.05) is 19.7 Å². The number of aliphatic hydroxyl groups excluding tert-OH is 1. The van der Waals surface area contributed by atoms with E-state index in [4.69, 9.17) is 4.74 Å². The molecule has 7 nitrogen and oxygen atoms in total. The Hall–Kier alpha value is -1.96. The summed E-state index contributed by atoms with van der Waals surface area (Å²) >= 11 is 0. The molecular weight excluding hydrogens is 334 g/mol. The van der Waals surface area contributed by atoms with Crippen LogP contribution in [0.5, 0.6) is 0 Å². The van der Waals surface area contributed by atoms with Gasteiger partial charge < -0.3 is 19.8 Å². The molecule has 2 aromatic rings. The van der Waals surface area contributed by atoms with Crippen LogP contribution in [-0.2, 0) is 11.8 Å². The molecule has 2 aliphatic rings. The molecule has 2 N–H and O–H groups in total. The molecule has 7 heteroatoms. The van der Waals surface area contributed by atoms with Crippen molar-refractivity contribution in [2.24, 2.45) is 7.05 Å². The van der Waals surface area contributed by atoms with E-state index in [2.05, 4.69) is 5.10 Å². The molecule has 26 heavy (non-hydrogen) atoms. The lowest BCUT2D eigenvalue weighted by Crippen LogP contribution is -2.64. The summed E-state index contributed by atoms with van der Waals surface area (Å²) in [6.45, 7) is 3.01. The Bertz CT molecular complexity index is 836. The molecule has 140 valence electrons. The van der Waals surface area contributed by atoms with Gasteiger partial charge >= 0.3 is 0 Å². The number of amides is 1. The number of piperidine rings is 1. The number of carbonyl (C=O) groups excluding carboxylic acids is 1. The highest BCUT2D eigenvalue weighted by atomic mass is 16.5. The Morgan fingerprint density at radius 1 is 1.27 bits per heavy atom. The smallest absolute Gasteiger partial charge is 0.275 e. The summed E-state index contributed by atoms with van der Waals surface area (Å²) in [6, 6.07) is 7.68. The van der Waals surface area contributed by atoms with Crippen molar-refractivity contribution in [3.8, 4) is 0 Å². The van der Waals surface area contributed by atoms with Gasteiger partial charge in [0.05, 0.1) is 17.7 Å². The molecule has 0 saturated carbocycles. The number of nitrogens with zero attached hydrogens (tertiary/aromatic N) is 3. The fourth-order valence-corrected chi connectivity index (χ4v) is 4.27. The van der Waals surface area contributed by atoms with Gasteiger partial charge in [-0.05, 0) is 25.8 Å². The van der Waals surface area contributed by atoms with Crippen LogP contribution in [0.4, 0.5) is 0 Å². The summed E-state index contributed by atoms with van der Waals surface area (Å²) in [7, 11) is 1.83. The number of hydrogen-bond acceptors (Lipinski definition) is 5. The third kappa shape index (κ3) is 2.62. The highest BCUT2D eigenvalue weighted by Crippen LogP contribution is 2.40. The highest BCUT2D eigenvalue weighted by Gasteiger charge is 2.53. The maximum Gasteiger partial charge on any atom is 0.275 e. The van der Waals surface area contributed by atoms with Gasteiger partial charge in [-0.15, -0.1) is 0 Å². The van der Waals surface area contributed by atoms with E-state index in [1.807, 2.05) is 31.3 Å². The Labute approximate surface area is 152 Å². The standard InChI is InChI=1S/C19H25N3O4/c1-18(25)9-12-26-19(17(18)24)7-10-22(11-8-19)16(23)15-13-5-3-4-6-14(13)21(2)20-15/h3-6,17,24-25H,7-12H2,1-2H3/t17-,18+/m0/s1. The van der Waals surface area contributed by atoms with Crippen molar-refractivity contribution in [3.63, 3.8) is 0 Å². The molecular formula is C19H25N3O4. The number of aromatic nitrogens is 2. The molecule has 1 spiro atoms. The van der Waals surface area contributed by atoms with Crippen LogP contribution in [0.3, 0.4) is 0 Å². The zero-order valence-electron chi connectivity index (χ0n) is 15.2. The van der Waals surface area contributed by atoms with Gasteiger partial charge in [0.1, 0.15) is 11.7 Å². The first-order chi connectivity index (χ1) is 12.3. The minimum atomic E-state index is -1.15. The zero-order chi connectivity index (χ0) is 18.5. The lowest BCUT2D eigenvalue weighted by atomic mass is 9.75. The Morgan fingerprint density at radius 2 is 1.96 bits per heavy atom. The second-order valence-electron chi connectivity index (χ2n) is 7.70. The van der Waals surface area contributed by atoms with Crippen LogP contribution >= 0.6 is 0 Å². The summed E-state index contributed by atoms with van der Waals surface area (Å²) < 4.78 is 7.62. The van der Waals surface area contributed by atoms with E-state index in [0.29, 0.717) is 44.7 Å². The molecule has 0 radical (unpaired) electrons. The van der Waals surface area contributed by atoms with Gasteiger partial charge in [-0.1, -0.05) is 18.2 Å². The molecule has 2 saturated heterocycles. The Balaban J connectivity index is 1.54. The number of rotatable bonds is 1. The van der Waals surface area contributed by atoms with Crippen molar-refractivity contribution in [1.82, 2.24) is 14.7 Å². The quantitative estimate of drug-likeness (QED) is 0.796. The monoisotopic (exact) mass is 359 g/mol.